The van der Waals surface area contributed by atoms with Crippen molar-refractivity contribution in [3.8, 4) is 5.88 Å². The van der Waals surface area contributed by atoms with Gasteiger partial charge in [-0.3, -0.25) is 0 Å². The van der Waals surface area contributed by atoms with Gasteiger partial charge in [0.2, 0.25) is 11.8 Å². The molecule has 1 aliphatic rings. The Hall–Kier alpha value is -1.40. The van der Waals surface area contributed by atoms with E-state index in [1.807, 2.05) is 6.92 Å². The van der Waals surface area contributed by atoms with Crippen molar-refractivity contribution in [2.45, 2.75) is 13.0 Å². The van der Waals surface area contributed by atoms with Crippen LogP contribution in [0.15, 0.2) is 12.3 Å². The fourth-order valence-electron chi connectivity index (χ4n) is 1.76. The highest BCUT2D eigenvalue weighted by atomic mass is 16.5. The zero-order valence-electron chi connectivity index (χ0n) is 10.0. The van der Waals surface area contributed by atoms with Gasteiger partial charge in [0.15, 0.2) is 0 Å². The fourth-order valence-corrected chi connectivity index (χ4v) is 1.76. The third-order valence-corrected chi connectivity index (χ3v) is 2.59. The minimum Gasteiger partial charge on any atom is -0.478 e. The summed E-state index contributed by atoms with van der Waals surface area (Å²) >= 11 is 0. The van der Waals surface area contributed by atoms with E-state index in [2.05, 4.69) is 14.9 Å². The molecule has 2 heterocycles. The van der Waals surface area contributed by atoms with Crippen LogP contribution in [0.4, 0.5) is 5.95 Å². The van der Waals surface area contributed by atoms with Crippen molar-refractivity contribution >= 4 is 5.95 Å². The highest BCUT2D eigenvalue weighted by Gasteiger charge is 2.21. The third-order valence-electron chi connectivity index (χ3n) is 2.59. The normalized spacial score (nSPS) is 20.4. The van der Waals surface area contributed by atoms with Crippen LogP contribution in [0, 0.1) is 0 Å². The lowest BCUT2D eigenvalue weighted by Crippen LogP contribution is -2.46. The lowest BCUT2D eigenvalue weighted by atomic mass is 10.3. The Kier molecular flexibility index (Phi) is 4.11. The number of morpholine rings is 1. The molecule has 0 amide bonds. The fraction of sp³-hybridized carbons (Fsp3) is 0.636. The van der Waals surface area contributed by atoms with Gasteiger partial charge in [0.25, 0.3) is 0 Å². The van der Waals surface area contributed by atoms with Crippen LogP contribution in [0.5, 0.6) is 5.88 Å². The molecular weight excluding hydrogens is 220 g/mol. The molecule has 6 nitrogen and oxygen atoms in total. The highest BCUT2D eigenvalue weighted by Crippen LogP contribution is 2.15. The second-order valence-electron chi connectivity index (χ2n) is 3.80. The van der Waals surface area contributed by atoms with Crippen LogP contribution in [-0.4, -0.2) is 48.9 Å². The summed E-state index contributed by atoms with van der Waals surface area (Å²) in [6.07, 6.45) is 1.77. The molecule has 2 N–H and O–H groups in total. The van der Waals surface area contributed by atoms with Gasteiger partial charge in [-0.15, -0.1) is 0 Å². The lowest BCUT2D eigenvalue weighted by Gasteiger charge is -2.32. The molecule has 1 unspecified atom stereocenters. The monoisotopic (exact) mass is 238 g/mol. The van der Waals surface area contributed by atoms with Crippen LogP contribution >= 0.6 is 0 Å². The van der Waals surface area contributed by atoms with Gasteiger partial charge >= 0.3 is 0 Å². The minimum absolute atomic E-state index is 0.0584. The Labute approximate surface area is 101 Å². The Morgan fingerprint density at radius 1 is 1.65 bits per heavy atom. The van der Waals surface area contributed by atoms with E-state index in [4.69, 9.17) is 15.2 Å². The first-order valence-corrected chi connectivity index (χ1v) is 5.86. The number of hydrogen-bond donors (Lipinski definition) is 1. The highest BCUT2D eigenvalue weighted by molar-refractivity contribution is 5.32. The molecule has 1 atom stereocenters. The number of nitrogens with two attached hydrogens (primary N) is 1. The first-order valence-electron chi connectivity index (χ1n) is 5.86. The molecule has 1 saturated heterocycles. The first-order chi connectivity index (χ1) is 8.33. The lowest BCUT2D eigenvalue weighted by molar-refractivity contribution is 0.0459. The Morgan fingerprint density at radius 3 is 3.29 bits per heavy atom. The molecule has 6 heteroatoms. The van der Waals surface area contributed by atoms with Crippen molar-refractivity contribution in [2.75, 3.05) is 37.7 Å². The molecule has 1 fully saturated rings. The topological polar surface area (TPSA) is 73.5 Å². The summed E-state index contributed by atoms with van der Waals surface area (Å²) in [6.45, 7) is 5.22. The molecule has 17 heavy (non-hydrogen) atoms. The van der Waals surface area contributed by atoms with E-state index in [0.29, 0.717) is 31.6 Å². The standard InChI is InChI=1S/C11H18N4O2/c1-2-16-10-3-4-13-11(14-10)15-5-6-17-9(7-12)8-15/h3-4,9H,2,5-8,12H2,1H3. The molecule has 1 aliphatic heterocycles. The summed E-state index contributed by atoms with van der Waals surface area (Å²) in [7, 11) is 0. The Morgan fingerprint density at radius 2 is 2.53 bits per heavy atom. The van der Waals surface area contributed by atoms with Gasteiger partial charge in [-0.2, -0.15) is 4.98 Å². The van der Waals surface area contributed by atoms with Crippen LogP contribution in [0.2, 0.25) is 0 Å². The molecule has 0 saturated carbocycles. The van der Waals surface area contributed by atoms with E-state index >= 15 is 0 Å². The van der Waals surface area contributed by atoms with Gasteiger partial charge in [-0.05, 0) is 6.92 Å². The van der Waals surface area contributed by atoms with Crippen LogP contribution in [0.1, 0.15) is 6.92 Å². The van der Waals surface area contributed by atoms with Crippen LogP contribution < -0.4 is 15.4 Å². The SMILES string of the molecule is CCOc1ccnc(N2CCOC(CN)C2)n1. The summed E-state index contributed by atoms with van der Waals surface area (Å²) in [5.41, 5.74) is 5.60. The molecule has 0 aromatic carbocycles. The maximum absolute atomic E-state index is 5.60. The first kappa shape index (κ1) is 12.1. The zero-order chi connectivity index (χ0) is 12.1. The molecule has 2 rings (SSSR count). The summed E-state index contributed by atoms with van der Waals surface area (Å²) < 4.78 is 10.9. The smallest absolute Gasteiger partial charge is 0.228 e. The van der Waals surface area contributed by atoms with Gasteiger partial charge in [-0.25, -0.2) is 4.98 Å². The predicted molar refractivity (Wildman–Crippen MR) is 64.2 cm³/mol. The van der Waals surface area contributed by atoms with Gasteiger partial charge in [-0.1, -0.05) is 0 Å². The maximum Gasteiger partial charge on any atom is 0.228 e. The summed E-state index contributed by atoms with van der Waals surface area (Å²) in [5, 5.41) is 0. The summed E-state index contributed by atoms with van der Waals surface area (Å²) in [6, 6.07) is 1.76. The van der Waals surface area contributed by atoms with Crippen LogP contribution in [-0.2, 0) is 4.74 Å². The molecule has 0 radical (unpaired) electrons. The van der Waals surface area contributed by atoms with Crippen molar-refractivity contribution in [1.82, 2.24) is 9.97 Å². The second-order valence-corrected chi connectivity index (χ2v) is 3.80. The summed E-state index contributed by atoms with van der Waals surface area (Å²) in [5.74, 6) is 1.28. The van der Waals surface area contributed by atoms with Crippen molar-refractivity contribution in [3.05, 3.63) is 12.3 Å². The van der Waals surface area contributed by atoms with E-state index in [1.165, 1.54) is 0 Å². The van der Waals surface area contributed by atoms with Crippen LogP contribution in [0.3, 0.4) is 0 Å². The van der Waals surface area contributed by atoms with E-state index in [0.717, 1.165) is 13.1 Å². The van der Waals surface area contributed by atoms with Gasteiger partial charge in [0.05, 0.1) is 19.3 Å². The zero-order valence-corrected chi connectivity index (χ0v) is 10.0. The van der Waals surface area contributed by atoms with Gasteiger partial charge in [0.1, 0.15) is 0 Å². The number of hydrogen-bond acceptors (Lipinski definition) is 6. The molecule has 1 aromatic rings. The number of ether oxygens (including phenoxy) is 2. The maximum atomic E-state index is 5.60. The quantitative estimate of drug-likeness (QED) is 0.798. The van der Waals surface area contributed by atoms with E-state index in [9.17, 15) is 0 Å². The number of rotatable bonds is 4. The largest absolute Gasteiger partial charge is 0.478 e. The van der Waals surface area contributed by atoms with Crippen molar-refractivity contribution in [2.24, 2.45) is 5.73 Å². The van der Waals surface area contributed by atoms with E-state index in [1.54, 1.807) is 12.3 Å². The third kappa shape index (κ3) is 3.04. The van der Waals surface area contributed by atoms with E-state index in [-0.39, 0.29) is 6.10 Å². The minimum atomic E-state index is 0.0584. The average molecular weight is 238 g/mol. The van der Waals surface area contributed by atoms with Crippen molar-refractivity contribution < 1.29 is 9.47 Å². The Balaban J connectivity index is 2.07. The van der Waals surface area contributed by atoms with Gasteiger partial charge in [0, 0.05) is 31.9 Å². The van der Waals surface area contributed by atoms with Crippen molar-refractivity contribution in [1.29, 1.82) is 0 Å². The van der Waals surface area contributed by atoms with Crippen LogP contribution in [0.25, 0.3) is 0 Å². The summed E-state index contributed by atoms with van der Waals surface area (Å²) in [4.78, 5) is 10.7. The molecule has 0 spiro atoms. The predicted octanol–water partition coefficient (Wildman–Crippen LogP) is 0.0392. The molecule has 94 valence electrons. The molecule has 0 aliphatic carbocycles. The number of anilines is 1. The van der Waals surface area contributed by atoms with Gasteiger partial charge < -0.3 is 20.1 Å². The van der Waals surface area contributed by atoms with Crippen molar-refractivity contribution in [3.63, 3.8) is 0 Å². The number of aromatic nitrogens is 2. The van der Waals surface area contributed by atoms with E-state index < -0.39 is 0 Å². The molecule has 0 bridgehead atoms. The Bertz CT molecular complexity index is 361. The number of nitrogens with zero attached hydrogens (tertiary/aromatic N) is 3. The second kappa shape index (κ2) is 5.79. The molecular formula is C11H18N4O2. The average Bonchev–Trinajstić information content (AvgIpc) is 2.40. The molecule has 1 aromatic heterocycles.